The molecule has 0 aliphatic carbocycles. The summed E-state index contributed by atoms with van der Waals surface area (Å²) in [5, 5.41) is 3.23. The number of rotatable bonds is 9. The molecule has 1 heterocycles. The highest BCUT2D eigenvalue weighted by molar-refractivity contribution is 5.55. The van der Waals surface area contributed by atoms with Crippen LogP contribution in [0.4, 0.5) is 0 Å². The van der Waals surface area contributed by atoms with E-state index in [1.165, 1.54) is 0 Å². The van der Waals surface area contributed by atoms with Crippen molar-refractivity contribution in [1.29, 1.82) is 0 Å². The Morgan fingerprint density at radius 2 is 2.19 bits per heavy atom. The summed E-state index contributed by atoms with van der Waals surface area (Å²) in [7, 11) is 1.68. The monoisotopic (exact) mass is 290 g/mol. The van der Waals surface area contributed by atoms with Gasteiger partial charge in [0.25, 0.3) is 0 Å². The summed E-state index contributed by atoms with van der Waals surface area (Å²) < 4.78 is 16.1. The Kier molecular flexibility index (Phi) is 6.24. The topological polar surface area (TPSA) is 56.5 Å². The van der Waals surface area contributed by atoms with Crippen LogP contribution >= 0.6 is 0 Å². The second kappa shape index (κ2) is 8.44. The largest absolute Gasteiger partial charge is 0.494 e. The molecule has 0 spiro atoms. The van der Waals surface area contributed by atoms with Gasteiger partial charge in [0.1, 0.15) is 12.0 Å². The van der Waals surface area contributed by atoms with E-state index in [1.807, 2.05) is 24.3 Å². The first-order chi connectivity index (χ1) is 10.3. The average molecular weight is 290 g/mol. The van der Waals surface area contributed by atoms with Crippen molar-refractivity contribution in [2.75, 3.05) is 26.9 Å². The van der Waals surface area contributed by atoms with Crippen molar-refractivity contribution in [3.8, 4) is 17.2 Å². The van der Waals surface area contributed by atoms with Crippen molar-refractivity contribution in [1.82, 2.24) is 10.3 Å². The SMILES string of the molecule is CCCOc1cccc(-c2nc(CNCCOC)co2)c1. The molecule has 0 aliphatic heterocycles. The molecule has 5 heteroatoms. The van der Waals surface area contributed by atoms with Crippen LogP contribution < -0.4 is 10.1 Å². The molecule has 114 valence electrons. The number of nitrogens with one attached hydrogen (secondary N) is 1. The lowest BCUT2D eigenvalue weighted by Gasteiger charge is -2.05. The van der Waals surface area contributed by atoms with Crippen molar-refractivity contribution in [3.63, 3.8) is 0 Å². The minimum absolute atomic E-state index is 0.612. The van der Waals surface area contributed by atoms with Gasteiger partial charge in [-0.1, -0.05) is 13.0 Å². The highest BCUT2D eigenvalue weighted by Gasteiger charge is 2.07. The van der Waals surface area contributed by atoms with Gasteiger partial charge in [0.05, 0.1) is 18.9 Å². The molecule has 1 aromatic heterocycles. The van der Waals surface area contributed by atoms with E-state index < -0.39 is 0 Å². The maximum atomic E-state index is 5.62. The summed E-state index contributed by atoms with van der Waals surface area (Å²) in [6.07, 6.45) is 2.66. The van der Waals surface area contributed by atoms with E-state index in [9.17, 15) is 0 Å². The number of hydrogen-bond acceptors (Lipinski definition) is 5. The van der Waals surface area contributed by atoms with Gasteiger partial charge in [-0.3, -0.25) is 0 Å². The fraction of sp³-hybridized carbons (Fsp3) is 0.438. The highest BCUT2D eigenvalue weighted by atomic mass is 16.5. The van der Waals surface area contributed by atoms with Gasteiger partial charge in [-0.25, -0.2) is 4.98 Å². The number of nitrogens with zero attached hydrogens (tertiary/aromatic N) is 1. The van der Waals surface area contributed by atoms with E-state index in [0.29, 0.717) is 25.6 Å². The van der Waals surface area contributed by atoms with Crippen molar-refractivity contribution < 1.29 is 13.9 Å². The van der Waals surface area contributed by atoms with Crippen molar-refractivity contribution >= 4 is 0 Å². The van der Waals surface area contributed by atoms with Gasteiger partial charge in [0.2, 0.25) is 5.89 Å². The van der Waals surface area contributed by atoms with E-state index in [2.05, 4.69) is 17.2 Å². The number of aromatic nitrogens is 1. The fourth-order valence-corrected chi connectivity index (χ4v) is 1.85. The van der Waals surface area contributed by atoms with Crippen LogP contribution in [0.1, 0.15) is 19.0 Å². The third-order valence-electron chi connectivity index (χ3n) is 2.89. The second-order valence-electron chi connectivity index (χ2n) is 4.69. The first-order valence-electron chi connectivity index (χ1n) is 7.20. The van der Waals surface area contributed by atoms with E-state index in [-0.39, 0.29) is 0 Å². The summed E-state index contributed by atoms with van der Waals surface area (Å²) in [6.45, 7) is 4.93. The van der Waals surface area contributed by atoms with E-state index in [0.717, 1.165) is 30.0 Å². The Hall–Kier alpha value is -1.85. The van der Waals surface area contributed by atoms with Crippen LogP contribution in [0.15, 0.2) is 34.9 Å². The second-order valence-corrected chi connectivity index (χ2v) is 4.69. The third-order valence-corrected chi connectivity index (χ3v) is 2.89. The van der Waals surface area contributed by atoms with Crippen LogP contribution in [0.25, 0.3) is 11.5 Å². The Morgan fingerprint density at radius 1 is 1.29 bits per heavy atom. The molecule has 0 saturated heterocycles. The van der Waals surface area contributed by atoms with Gasteiger partial charge in [-0.05, 0) is 24.6 Å². The zero-order valence-corrected chi connectivity index (χ0v) is 12.6. The molecule has 0 amide bonds. The van der Waals surface area contributed by atoms with Crippen LogP contribution in [0.2, 0.25) is 0 Å². The minimum atomic E-state index is 0.612. The average Bonchev–Trinajstić information content (AvgIpc) is 2.99. The number of oxazole rings is 1. The van der Waals surface area contributed by atoms with Crippen LogP contribution in [-0.4, -0.2) is 31.9 Å². The maximum absolute atomic E-state index is 5.62. The first-order valence-corrected chi connectivity index (χ1v) is 7.20. The lowest BCUT2D eigenvalue weighted by molar-refractivity contribution is 0.199. The molecule has 5 nitrogen and oxygen atoms in total. The van der Waals surface area contributed by atoms with Gasteiger partial charge in [-0.15, -0.1) is 0 Å². The number of ether oxygens (including phenoxy) is 2. The Labute approximate surface area is 125 Å². The lowest BCUT2D eigenvalue weighted by atomic mass is 10.2. The third kappa shape index (κ3) is 4.88. The Balaban J connectivity index is 1.96. The van der Waals surface area contributed by atoms with Gasteiger partial charge in [0.15, 0.2) is 0 Å². The first kappa shape index (κ1) is 15.5. The summed E-state index contributed by atoms with van der Waals surface area (Å²) >= 11 is 0. The normalized spacial score (nSPS) is 10.8. The molecule has 0 saturated carbocycles. The predicted octanol–water partition coefficient (Wildman–Crippen LogP) is 2.87. The Morgan fingerprint density at radius 3 is 3.00 bits per heavy atom. The van der Waals surface area contributed by atoms with E-state index in [4.69, 9.17) is 13.9 Å². The van der Waals surface area contributed by atoms with Gasteiger partial charge in [0, 0.05) is 25.8 Å². The van der Waals surface area contributed by atoms with Gasteiger partial charge < -0.3 is 19.2 Å². The molecule has 0 radical (unpaired) electrons. The smallest absolute Gasteiger partial charge is 0.226 e. The molecule has 0 bridgehead atoms. The van der Waals surface area contributed by atoms with E-state index in [1.54, 1.807) is 13.4 Å². The van der Waals surface area contributed by atoms with Crippen molar-refractivity contribution in [3.05, 3.63) is 36.2 Å². The van der Waals surface area contributed by atoms with Gasteiger partial charge >= 0.3 is 0 Å². The van der Waals surface area contributed by atoms with Gasteiger partial charge in [-0.2, -0.15) is 0 Å². The maximum Gasteiger partial charge on any atom is 0.226 e. The molecule has 1 aromatic carbocycles. The summed E-state index contributed by atoms with van der Waals surface area (Å²) in [4.78, 5) is 4.47. The van der Waals surface area contributed by atoms with Crippen molar-refractivity contribution in [2.24, 2.45) is 0 Å². The van der Waals surface area contributed by atoms with E-state index >= 15 is 0 Å². The quantitative estimate of drug-likeness (QED) is 0.720. The van der Waals surface area contributed by atoms with Crippen LogP contribution in [0.5, 0.6) is 5.75 Å². The summed E-state index contributed by atoms with van der Waals surface area (Å²) in [5.41, 5.74) is 1.80. The predicted molar refractivity (Wildman–Crippen MR) is 81.3 cm³/mol. The lowest BCUT2D eigenvalue weighted by Crippen LogP contribution is -2.18. The zero-order chi connectivity index (χ0) is 14.9. The van der Waals surface area contributed by atoms with Crippen LogP contribution in [0.3, 0.4) is 0 Å². The Bertz CT molecular complexity index is 540. The summed E-state index contributed by atoms with van der Waals surface area (Å²) in [5.74, 6) is 1.45. The molecule has 2 rings (SSSR count). The molecular weight excluding hydrogens is 268 g/mol. The number of methoxy groups -OCH3 is 1. The minimum Gasteiger partial charge on any atom is -0.494 e. The number of hydrogen-bond donors (Lipinski definition) is 1. The standard InChI is InChI=1S/C16H22N2O3/c1-3-8-20-15-6-4-5-13(10-15)16-18-14(12-21-16)11-17-7-9-19-2/h4-6,10,12,17H,3,7-9,11H2,1-2H3. The highest BCUT2D eigenvalue weighted by Crippen LogP contribution is 2.23. The number of benzene rings is 1. The molecule has 21 heavy (non-hydrogen) atoms. The van der Waals surface area contributed by atoms with Crippen LogP contribution in [0, 0.1) is 0 Å². The zero-order valence-electron chi connectivity index (χ0n) is 12.6. The molecule has 0 unspecified atom stereocenters. The molecule has 2 aromatic rings. The molecule has 0 fully saturated rings. The molecule has 0 atom stereocenters. The van der Waals surface area contributed by atoms with Crippen LogP contribution in [-0.2, 0) is 11.3 Å². The van der Waals surface area contributed by atoms with Crippen molar-refractivity contribution in [2.45, 2.75) is 19.9 Å². The molecular formula is C16H22N2O3. The fourth-order valence-electron chi connectivity index (χ4n) is 1.85. The molecule has 1 N–H and O–H groups in total. The molecule has 0 aliphatic rings. The summed E-state index contributed by atoms with van der Waals surface area (Å²) in [6, 6.07) is 7.80.